The molecule has 2 unspecified atom stereocenters. The van der Waals surface area contributed by atoms with Gasteiger partial charge in [-0.05, 0) is 38.5 Å². The highest BCUT2D eigenvalue weighted by Crippen LogP contribution is 2.46. The zero-order valence-corrected chi connectivity index (χ0v) is 11.1. The normalized spacial score (nSPS) is 32.3. The quantitative estimate of drug-likeness (QED) is 0.550. The fourth-order valence-corrected chi connectivity index (χ4v) is 3.23. The molecule has 0 amide bonds. The zero-order chi connectivity index (χ0) is 11.4. The van der Waals surface area contributed by atoms with Gasteiger partial charge in [0.25, 0.3) is 0 Å². The lowest BCUT2D eigenvalue weighted by atomic mass is 9.80. The van der Waals surface area contributed by atoms with Crippen molar-refractivity contribution in [2.45, 2.75) is 59.5 Å². The van der Waals surface area contributed by atoms with E-state index in [9.17, 15) is 0 Å². The van der Waals surface area contributed by atoms with Gasteiger partial charge in [-0.3, -0.25) is 4.90 Å². The Kier molecular flexibility index (Phi) is 2.31. The highest BCUT2D eigenvalue weighted by atomic mass is 15.2. The number of likely N-dealkylation sites (tertiary alicyclic amines) is 1. The van der Waals surface area contributed by atoms with E-state index in [1.165, 1.54) is 13.0 Å². The van der Waals surface area contributed by atoms with E-state index < -0.39 is 0 Å². The smallest absolute Gasteiger partial charge is 0.0292 e. The molecule has 2 aliphatic rings. The Labute approximate surface area is 94.5 Å². The van der Waals surface area contributed by atoms with Gasteiger partial charge in [0.2, 0.25) is 0 Å². The van der Waals surface area contributed by atoms with Crippen LogP contribution in [-0.2, 0) is 0 Å². The fourth-order valence-electron chi connectivity index (χ4n) is 3.23. The Hall–Kier alpha value is -0.300. The number of fused-ring (bicyclic) bond motifs is 2. The molecule has 0 saturated carbocycles. The Morgan fingerprint density at radius 1 is 1.13 bits per heavy atom. The molecule has 0 radical (unpaired) electrons. The number of rotatable bonds is 0. The van der Waals surface area contributed by atoms with Crippen LogP contribution in [0.4, 0.5) is 0 Å². The third kappa shape index (κ3) is 1.87. The molecule has 1 saturated heterocycles. The highest BCUT2D eigenvalue weighted by Gasteiger charge is 2.45. The van der Waals surface area contributed by atoms with Crippen LogP contribution in [-0.4, -0.2) is 23.0 Å². The van der Waals surface area contributed by atoms with Crippen LogP contribution in [0.5, 0.6) is 0 Å². The van der Waals surface area contributed by atoms with E-state index in [4.69, 9.17) is 0 Å². The predicted molar refractivity (Wildman–Crippen MR) is 65.9 cm³/mol. The summed E-state index contributed by atoms with van der Waals surface area (Å²) in [7, 11) is 0. The second-order valence-corrected chi connectivity index (χ2v) is 7.20. The molecule has 86 valence electrons. The minimum Gasteiger partial charge on any atom is -0.291 e. The molecule has 0 aromatic rings. The zero-order valence-electron chi connectivity index (χ0n) is 11.1. The van der Waals surface area contributed by atoms with E-state index >= 15 is 0 Å². The topological polar surface area (TPSA) is 3.24 Å². The lowest BCUT2D eigenvalue weighted by Gasteiger charge is -2.39. The Morgan fingerprint density at radius 3 is 2.07 bits per heavy atom. The van der Waals surface area contributed by atoms with Crippen molar-refractivity contribution in [3.63, 3.8) is 0 Å². The van der Waals surface area contributed by atoms with Crippen LogP contribution in [0.3, 0.4) is 0 Å². The lowest BCUT2D eigenvalue weighted by molar-refractivity contribution is 0.132. The molecular weight excluding hydrogens is 182 g/mol. The molecular formula is C14H25N. The minimum atomic E-state index is 0.333. The largest absolute Gasteiger partial charge is 0.291 e. The molecule has 0 aromatic heterocycles. The van der Waals surface area contributed by atoms with Crippen molar-refractivity contribution in [3.8, 4) is 0 Å². The monoisotopic (exact) mass is 207 g/mol. The summed E-state index contributed by atoms with van der Waals surface area (Å²) in [5, 5.41) is 0. The Bertz CT molecular complexity index is 287. The van der Waals surface area contributed by atoms with E-state index in [1.54, 1.807) is 5.57 Å². The average Bonchev–Trinajstić information content (AvgIpc) is 2.57. The molecule has 2 rings (SSSR count). The van der Waals surface area contributed by atoms with Crippen molar-refractivity contribution in [2.75, 3.05) is 6.54 Å². The van der Waals surface area contributed by atoms with Gasteiger partial charge in [-0.1, -0.05) is 32.4 Å². The van der Waals surface area contributed by atoms with Crippen LogP contribution in [0, 0.1) is 11.3 Å². The summed E-state index contributed by atoms with van der Waals surface area (Å²) in [6, 6.07) is 0.712. The van der Waals surface area contributed by atoms with Crippen molar-refractivity contribution in [2.24, 2.45) is 11.3 Å². The lowest BCUT2D eigenvalue weighted by Crippen LogP contribution is -2.45. The minimum absolute atomic E-state index is 0.333. The molecule has 0 spiro atoms. The van der Waals surface area contributed by atoms with Crippen LogP contribution >= 0.6 is 0 Å². The van der Waals surface area contributed by atoms with Crippen molar-refractivity contribution < 1.29 is 0 Å². The molecule has 1 heteroatoms. The maximum Gasteiger partial charge on any atom is 0.0292 e. The van der Waals surface area contributed by atoms with Crippen molar-refractivity contribution >= 4 is 0 Å². The van der Waals surface area contributed by atoms with Crippen LogP contribution in [0.25, 0.3) is 0 Å². The van der Waals surface area contributed by atoms with Gasteiger partial charge in [0.1, 0.15) is 0 Å². The van der Waals surface area contributed by atoms with E-state index in [0.29, 0.717) is 17.0 Å². The SMILES string of the molecule is CC(C)(C)C1=CC2CC1CN2C(C)(C)C. The van der Waals surface area contributed by atoms with Gasteiger partial charge >= 0.3 is 0 Å². The maximum absolute atomic E-state index is 2.66. The summed E-state index contributed by atoms with van der Waals surface area (Å²) in [5.41, 5.74) is 2.41. The number of nitrogens with zero attached hydrogens (tertiary/aromatic N) is 1. The summed E-state index contributed by atoms with van der Waals surface area (Å²) in [6.45, 7) is 15.3. The fraction of sp³-hybridized carbons (Fsp3) is 0.857. The first-order valence-electron chi connectivity index (χ1n) is 6.18. The van der Waals surface area contributed by atoms with Crippen molar-refractivity contribution in [1.82, 2.24) is 4.90 Å². The van der Waals surface area contributed by atoms with Gasteiger partial charge in [0.05, 0.1) is 0 Å². The molecule has 2 atom stereocenters. The average molecular weight is 207 g/mol. The van der Waals surface area contributed by atoms with E-state index in [2.05, 4.69) is 52.5 Å². The van der Waals surface area contributed by atoms with Gasteiger partial charge in [0.15, 0.2) is 0 Å². The molecule has 1 aliphatic heterocycles. The highest BCUT2D eigenvalue weighted by molar-refractivity contribution is 5.28. The third-order valence-electron chi connectivity index (χ3n) is 3.88. The predicted octanol–water partition coefficient (Wildman–Crippen LogP) is 3.46. The molecule has 1 heterocycles. The van der Waals surface area contributed by atoms with Crippen molar-refractivity contribution in [3.05, 3.63) is 11.6 Å². The summed E-state index contributed by atoms with van der Waals surface area (Å²) >= 11 is 0. The van der Waals surface area contributed by atoms with Crippen molar-refractivity contribution in [1.29, 1.82) is 0 Å². The summed E-state index contributed by atoms with van der Waals surface area (Å²) in [5.74, 6) is 0.828. The standard InChI is InChI=1S/C14H25N/c1-13(2,3)12-8-11-7-10(12)9-15(11)14(4,5)6/h8,10-11H,7,9H2,1-6H3. The Morgan fingerprint density at radius 2 is 1.73 bits per heavy atom. The first-order valence-corrected chi connectivity index (χ1v) is 6.18. The van der Waals surface area contributed by atoms with E-state index in [-0.39, 0.29) is 0 Å². The summed E-state index contributed by atoms with van der Waals surface area (Å²) in [4.78, 5) is 2.66. The van der Waals surface area contributed by atoms with Gasteiger partial charge < -0.3 is 0 Å². The molecule has 0 aromatic carbocycles. The van der Waals surface area contributed by atoms with Gasteiger partial charge in [-0.15, -0.1) is 0 Å². The van der Waals surface area contributed by atoms with Gasteiger partial charge in [0, 0.05) is 18.1 Å². The molecule has 1 nitrogen and oxygen atoms in total. The summed E-state index contributed by atoms with van der Waals surface area (Å²) in [6.07, 6.45) is 3.91. The molecule has 1 aliphatic carbocycles. The number of hydrogen-bond acceptors (Lipinski definition) is 1. The Balaban J connectivity index is 2.19. The maximum atomic E-state index is 2.66. The van der Waals surface area contributed by atoms with Crippen LogP contribution in [0.1, 0.15) is 48.0 Å². The third-order valence-corrected chi connectivity index (χ3v) is 3.88. The van der Waals surface area contributed by atoms with E-state index in [1.807, 2.05) is 0 Å². The van der Waals surface area contributed by atoms with Gasteiger partial charge in [-0.25, -0.2) is 0 Å². The first-order chi connectivity index (χ1) is 6.69. The van der Waals surface area contributed by atoms with E-state index in [0.717, 1.165) is 5.92 Å². The molecule has 0 N–H and O–H groups in total. The van der Waals surface area contributed by atoms with Crippen LogP contribution < -0.4 is 0 Å². The second-order valence-electron chi connectivity index (χ2n) is 7.20. The molecule has 15 heavy (non-hydrogen) atoms. The molecule has 2 bridgehead atoms. The first kappa shape index (κ1) is 11.2. The molecule has 1 fully saturated rings. The van der Waals surface area contributed by atoms with Gasteiger partial charge in [-0.2, -0.15) is 0 Å². The van der Waals surface area contributed by atoms with Crippen LogP contribution in [0.15, 0.2) is 11.6 Å². The second kappa shape index (κ2) is 3.10. The van der Waals surface area contributed by atoms with Crippen LogP contribution in [0.2, 0.25) is 0 Å². The summed E-state index contributed by atoms with van der Waals surface area (Å²) < 4.78 is 0. The number of hydrogen-bond donors (Lipinski definition) is 0.